The number of aromatic nitrogens is 5. The van der Waals surface area contributed by atoms with Crippen molar-refractivity contribution in [1.29, 1.82) is 5.26 Å². The first-order chi connectivity index (χ1) is 24.2. The number of anilines is 1. The van der Waals surface area contributed by atoms with E-state index in [1.165, 1.54) is 17.8 Å². The number of amides is 2. The molecular formula is C37H36N8O4S. The first-order valence-corrected chi connectivity index (χ1v) is 16.8. The van der Waals surface area contributed by atoms with Crippen molar-refractivity contribution in [2.75, 3.05) is 18.5 Å². The minimum atomic E-state index is -0.379. The molecule has 0 saturated carbocycles. The van der Waals surface area contributed by atoms with E-state index in [4.69, 9.17) is 14.9 Å². The molecule has 0 spiro atoms. The molecule has 6 aromatic rings. The molecular weight excluding hydrogens is 653 g/mol. The third-order valence-corrected chi connectivity index (χ3v) is 9.46. The van der Waals surface area contributed by atoms with E-state index in [1.807, 2.05) is 71.3 Å². The number of aliphatic hydroxyl groups excluding tert-OH is 1. The molecule has 3 aromatic heterocycles. The zero-order chi connectivity index (χ0) is 35.3. The predicted octanol–water partition coefficient (Wildman–Crippen LogP) is 6.69. The van der Waals surface area contributed by atoms with Crippen molar-refractivity contribution in [3.05, 3.63) is 108 Å². The van der Waals surface area contributed by atoms with Crippen LogP contribution < -0.4 is 15.4 Å². The zero-order valence-electron chi connectivity index (χ0n) is 27.8. The Labute approximate surface area is 293 Å². The molecule has 0 fully saturated rings. The van der Waals surface area contributed by atoms with Gasteiger partial charge in [-0.25, -0.2) is 9.48 Å². The number of nitrogens with one attached hydrogen (secondary N) is 2. The quantitative estimate of drug-likeness (QED) is 0.110. The van der Waals surface area contributed by atoms with Gasteiger partial charge in [-0.1, -0.05) is 50.7 Å². The van der Waals surface area contributed by atoms with E-state index < -0.39 is 0 Å². The van der Waals surface area contributed by atoms with Crippen LogP contribution in [-0.4, -0.2) is 53.8 Å². The summed E-state index contributed by atoms with van der Waals surface area (Å²) in [7, 11) is 0. The van der Waals surface area contributed by atoms with Gasteiger partial charge in [-0.3, -0.25) is 9.72 Å². The number of fused-ring (bicyclic) bond motifs is 1. The van der Waals surface area contributed by atoms with Crippen LogP contribution in [-0.2, 0) is 12.0 Å². The Kier molecular flexibility index (Phi) is 10.0. The van der Waals surface area contributed by atoms with Gasteiger partial charge in [0.2, 0.25) is 0 Å². The van der Waals surface area contributed by atoms with E-state index in [-0.39, 0.29) is 42.5 Å². The predicted molar refractivity (Wildman–Crippen MR) is 191 cm³/mol. The summed E-state index contributed by atoms with van der Waals surface area (Å²) in [4.78, 5) is 15.2. The second-order valence-corrected chi connectivity index (χ2v) is 13.2. The highest BCUT2D eigenvalue weighted by Gasteiger charge is 2.24. The standard InChI is InChI=1S/C37H36N8O4S/c1-4-37(2,3)32-20-34(45(43-32)27-10-12-28(13-11-27)49-18-17-46)40-36(48)39-22-25-7-5-6-8-31(25)50-29-14-16-33-41-42-35(44(33)23-29)24-9-15-30(47)26(19-24)21-38/h5-16,19-20,23,46-47H,4,17-18,22H2,1-3H3,(H2,39,40,48). The van der Waals surface area contributed by atoms with Crippen molar-refractivity contribution in [3.8, 4) is 34.6 Å². The highest BCUT2D eigenvalue weighted by molar-refractivity contribution is 7.99. The molecule has 0 radical (unpaired) electrons. The summed E-state index contributed by atoms with van der Waals surface area (Å²) < 4.78 is 9.06. The molecule has 3 aromatic carbocycles. The van der Waals surface area contributed by atoms with Gasteiger partial charge >= 0.3 is 6.03 Å². The zero-order valence-corrected chi connectivity index (χ0v) is 28.6. The lowest BCUT2D eigenvalue weighted by Gasteiger charge is -2.19. The van der Waals surface area contributed by atoms with Crippen molar-refractivity contribution in [1.82, 2.24) is 29.7 Å². The van der Waals surface area contributed by atoms with Crippen molar-refractivity contribution in [3.63, 3.8) is 0 Å². The molecule has 0 aliphatic heterocycles. The molecule has 3 heterocycles. The number of hydrogen-bond acceptors (Lipinski definition) is 9. The molecule has 2 amide bonds. The number of phenols is 1. The van der Waals surface area contributed by atoms with Gasteiger partial charge in [-0.2, -0.15) is 10.4 Å². The molecule has 0 aliphatic rings. The smallest absolute Gasteiger partial charge is 0.320 e. The summed E-state index contributed by atoms with van der Waals surface area (Å²) in [6.45, 7) is 6.74. The lowest BCUT2D eigenvalue weighted by atomic mass is 9.87. The van der Waals surface area contributed by atoms with Gasteiger partial charge in [0, 0.05) is 39.6 Å². The summed E-state index contributed by atoms with van der Waals surface area (Å²) in [6, 6.07) is 27.2. The van der Waals surface area contributed by atoms with E-state index in [0.717, 1.165) is 33.2 Å². The third kappa shape index (κ3) is 7.41. The topological polar surface area (TPSA) is 163 Å². The molecule has 0 unspecified atom stereocenters. The number of aromatic hydroxyl groups is 1. The molecule has 0 aliphatic carbocycles. The van der Waals surface area contributed by atoms with Crippen molar-refractivity contribution < 1.29 is 19.7 Å². The van der Waals surface area contributed by atoms with Crippen LogP contribution in [0.5, 0.6) is 11.5 Å². The highest BCUT2D eigenvalue weighted by atomic mass is 32.2. The van der Waals surface area contributed by atoms with Gasteiger partial charge in [0.25, 0.3) is 0 Å². The minimum absolute atomic E-state index is 0.0732. The van der Waals surface area contributed by atoms with Gasteiger partial charge in [0.05, 0.1) is 23.6 Å². The highest BCUT2D eigenvalue weighted by Crippen LogP contribution is 2.33. The molecule has 12 nitrogen and oxygen atoms in total. The molecule has 0 bridgehead atoms. The van der Waals surface area contributed by atoms with Gasteiger partial charge in [0.1, 0.15) is 30.0 Å². The number of phenolic OH excluding ortho intramolecular Hbond substituents is 1. The Balaban J connectivity index is 1.19. The van der Waals surface area contributed by atoms with Crippen LogP contribution in [0.25, 0.3) is 22.7 Å². The maximum atomic E-state index is 13.3. The Bertz CT molecular complexity index is 2190. The van der Waals surface area contributed by atoms with Crippen LogP contribution in [0.1, 0.15) is 44.0 Å². The maximum absolute atomic E-state index is 13.3. The first-order valence-electron chi connectivity index (χ1n) is 16.0. The van der Waals surface area contributed by atoms with Crippen molar-refractivity contribution >= 4 is 29.3 Å². The van der Waals surface area contributed by atoms with Gasteiger partial charge < -0.3 is 20.3 Å². The SMILES string of the molecule is CCC(C)(C)c1cc(NC(=O)NCc2ccccc2Sc2ccc3nnc(-c4ccc(O)c(C#N)c4)n3c2)n(-c2ccc(OCCO)cc2)n1. The van der Waals surface area contributed by atoms with Gasteiger partial charge in [-0.15, -0.1) is 10.2 Å². The molecule has 254 valence electrons. The summed E-state index contributed by atoms with van der Waals surface area (Å²) in [5.74, 6) is 1.61. The number of carbonyl (C=O) groups excluding carboxylic acids is 1. The van der Waals surface area contributed by atoms with Crippen LogP contribution >= 0.6 is 11.8 Å². The first kappa shape index (κ1) is 34.0. The normalized spacial score (nSPS) is 11.3. The van der Waals surface area contributed by atoms with E-state index >= 15 is 0 Å². The lowest BCUT2D eigenvalue weighted by Crippen LogP contribution is -2.29. The Hall–Kier alpha value is -5.84. The van der Waals surface area contributed by atoms with E-state index in [0.29, 0.717) is 28.6 Å². The number of nitriles is 1. The molecule has 13 heteroatoms. The monoisotopic (exact) mass is 688 g/mol. The number of nitrogens with zero attached hydrogens (tertiary/aromatic N) is 6. The summed E-state index contributed by atoms with van der Waals surface area (Å²) in [6.07, 6.45) is 2.79. The lowest BCUT2D eigenvalue weighted by molar-refractivity contribution is 0.201. The second kappa shape index (κ2) is 14.7. The Morgan fingerprint density at radius 3 is 2.60 bits per heavy atom. The second-order valence-electron chi connectivity index (χ2n) is 12.1. The maximum Gasteiger partial charge on any atom is 0.320 e. The number of hydrogen-bond donors (Lipinski definition) is 4. The van der Waals surface area contributed by atoms with Crippen LogP contribution in [0.3, 0.4) is 0 Å². The van der Waals surface area contributed by atoms with E-state index in [9.17, 15) is 15.2 Å². The molecule has 0 saturated heterocycles. The fourth-order valence-corrected chi connectivity index (χ4v) is 6.10. The Morgan fingerprint density at radius 1 is 1.04 bits per heavy atom. The van der Waals surface area contributed by atoms with Gasteiger partial charge in [0.15, 0.2) is 11.5 Å². The van der Waals surface area contributed by atoms with Crippen LogP contribution in [0, 0.1) is 11.3 Å². The number of rotatable bonds is 12. The molecule has 50 heavy (non-hydrogen) atoms. The Morgan fingerprint density at radius 2 is 1.84 bits per heavy atom. The number of urea groups is 1. The fraction of sp³-hybridized carbons (Fsp3) is 0.216. The summed E-state index contributed by atoms with van der Waals surface area (Å²) in [5.41, 5.74) is 3.76. The van der Waals surface area contributed by atoms with Crippen LogP contribution in [0.4, 0.5) is 10.6 Å². The van der Waals surface area contributed by atoms with Crippen LogP contribution in [0.15, 0.2) is 101 Å². The van der Waals surface area contributed by atoms with Crippen molar-refractivity contribution in [2.45, 2.75) is 48.9 Å². The average molecular weight is 689 g/mol. The molecule has 0 atom stereocenters. The van der Waals surface area contributed by atoms with Crippen LogP contribution in [0.2, 0.25) is 0 Å². The number of benzene rings is 3. The fourth-order valence-electron chi connectivity index (χ4n) is 5.13. The average Bonchev–Trinajstić information content (AvgIpc) is 3.76. The number of aliphatic hydroxyl groups is 1. The largest absolute Gasteiger partial charge is 0.507 e. The number of carbonyl (C=O) groups is 1. The summed E-state index contributed by atoms with van der Waals surface area (Å²) >= 11 is 1.54. The van der Waals surface area contributed by atoms with E-state index in [2.05, 4.69) is 41.6 Å². The molecule has 4 N–H and O–H groups in total. The molecule has 6 rings (SSSR count). The minimum Gasteiger partial charge on any atom is -0.507 e. The summed E-state index contributed by atoms with van der Waals surface area (Å²) in [5, 5.41) is 47.8. The number of pyridine rings is 1. The van der Waals surface area contributed by atoms with Gasteiger partial charge in [-0.05, 0) is 72.6 Å². The van der Waals surface area contributed by atoms with Crippen molar-refractivity contribution in [2.24, 2.45) is 0 Å². The third-order valence-electron chi connectivity index (χ3n) is 8.36. The number of ether oxygens (including phenoxy) is 1. The van der Waals surface area contributed by atoms with E-state index in [1.54, 1.807) is 28.9 Å².